The van der Waals surface area contributed by atoms with Crippen molar-refractivity contribution in [3.05, 3.63) is 30.0 Å². The Kier molecular flexibility index (Phi) is 5.98. The number of carbonyl (C=O) groups excluding carboxylic acids is 1. The van der Waals surface area contributed by atoms with Crippen LogP contribution in [0.1, 0.15) is 50.5 Å². The standard InChI is InChI=1S/C19H24N4O3/c1-19(2,3)16(18(25)26)21-17(24)15-13-9-5-6-10-14(13)23(22-15)12-8-4-7-11-20/h5-6,9-10,16H,4,7-8,12H2,1-3H3,(H,21,24)(H,25,26)/t16-/m1/s1. The van der Waals surface area contributed by atoms with Crippen molar-refractivity contribution in [1.29, 1.82) is 5.26 Å². The molecular formula is C19H24N4O3. The van der Waals surface area contributed by atoms with Gasteiger partial charge in [-0.15, -0.1) is 0 Å². The van der Waals surface area contributed by atoms with Gasteiger partial charge < -0.3 is 10.4 Å². The Bertz CT molecular complexity index is 843. The van der Waals surface area contributed by atoms with Gasteiger partial charge in [0.2, 0.25) is 0 Å². The van der Waals surface area contributed by atoms with Gasteiger partial charge in [-0.3, -0.25) is 9.48 Å². The zero-order valence-corrected chi connectivity index (χ0v) is 15.3. The van der Waals surface area contributed by atoms with E-state index < -0.39 is 23.3 Å². The van der Waals surface area contributed by atoms with Crippen molar-refractivity contribution in [1.82, 2.24) is 15.1 Å². The lowest BCUT2D eigenvalue weighted by Crippen LogP contribution is -2.49. The summed E-state index contributed by atoms with van der Waals surface area (Å²) in [5.74, 6) is -1.58. The molecule has 0 unspecified atom stereocenters. The molecule has 1 atom stereocenters. The van der Waals surface area contributed by atoms with E-state index in [-0.39, 0.29) is 5.69 Å². The molecule has 2 aromatic rings. The zero-order chi connectivity index (χ0) is 19.3. The quantitative estimate of drug-likeness (QED) is 0.742. The van der Waals surface area contributed by atoms with Gasteiger partial charge in [0.05, 0.1) is 11.6 Å². The maximum atomic E-state index is 12.7. The molecule has 7 heteroatoms. The lowest BCUT2D eigenvalue weighted by Gasteiger charge is -2.27. The van der Waals surface area contributed by atoms with E-state index in [1.54, 1.807) is 31.5 Å². The Morgan fingerprint density at radius 1 is 1.31 bits per heavy atom. The molecule has 0 saturated carbocycles. The van der Waals surface area contributed by atoms with Crippen LogP contribution in [0.3, 0.4) is 0 Å². The molecule has 0 fully saturated rings. The van der Waals surface area contributed by atoms with Gasteiger partial charge in [-0.1, -0.05) is 39.0 Å². The first-order chi connectivity index (χ1) is 12.3. The molecule has 7 nitrogen and oxygen atoms in total. The Balaban J connectivity index is 2.30. The van der Waals surface area contributed by atoms with E-state index in [9.17, 15) is 14.7 Å². The van der Waals surface area contributed by atoms with Crippen molar-refractivity contribution in [3.8, 4) is 6.07 Å². The van der Waals surface area contributed by atoms with Gasteiger partial charge in [-0.25, -0.2) is 4.79 Å². The van der Waals surface area contributed by atoms with Crippen LogP contribution in [0.25, 0.3) is 10.9 Å². The van der Waals surface area contributed by atoms with E-state index in [0.717, 1.165) is 18.4 Å². The lowest BCUT2D eigenvalue weighted by atomic mass is 9.86. The molecule has 0 bridgehead atoms. The van der Waals surface area contributed by atoms with Gasteiger partial charge in [0.1, 0.15) is 6.04 Å². The summed E-state index contributed by atoms with van der Waals surface area (Å²) in [6, 6.07) is 8.46. The van der Waals surface area contributed by atoms with Crippen LogP contribution in [0.15, 0.2) is 24.3 Å². The molecule has 26 heavy (non-hydrogen) atoms. The number of hydrogen-bond acceptors (Lipinski definition) is 4. The molecule has 138 valence electrons. The monoisotopic (exact) mass is 356 g/mol. The number of carboxylic acid groups (broad SMARTS) is 1. The van der Waals surface area contributed by atoms with Crippen molar-refractivity contribution in [2.45, 2.75) is 52.6 Å². The highest BCUT2D eigenvalue weighted by Gasteiger charge is 2.33. The van der Waals surface area contributed by atoms with Crippen LogP contribution >= 0.6 is 0 Å². The second kappa shape index (κ2) is 8.00. The molecule has 0 spiro atoms. The minimum atomic E-state index is -1.08. The first kappa shape index (κ1) is 19.4. The number of hydrogen-bond donors (Lipinski definition) is 2. The molecule has 1 aromatic heterocycles. The number of unbranched alkanes of at least 4 members (excludes halogenated alkanes) is 2. The number of nitrogens with one attached hydrogen (secondary N) is 1. The minimum absolute atomic E-state index is 0.219. The van der Waals surface area contributed by atoms with Crippen LogP contribution in [-0.4, -0.2) is 32.8 Å². The first-order valence-corrected chi connectivity index (χ1v) is 8.62. The SMILES string of the molecule is CC(C)(C)[C@H](NC(=O)c1nn(CCCCC#N)c2ccccc12)C(=O)O. The molecule has 0 aliphatic heterocycles. The topological polar surface area (TPSA) is 108 Å². The molecule has 0 saturated heterocycles. The Hall–Kier alpha value is -2.88. The number of carbonyl (C=O) groups is 2. The number of benzene rings is 1. The number of aliphatic carboxylic acids is 1. The number of amides is 1. The van der Waals surface area contributed by atoms with E-state index in [1.807, 2.05) is 18.2 Å². The van der Waals surface area contributed by atoms with Gasteiger partial charge in [0.15, 0.2) is 5.69 Å². The van der Waals surface area contributed by atoms with Gasteiger partial charge in [-0.05, 0) is 24.3 Å². The third-order valence-corrected chi connectivity index (χ3v) is 4.17. The molecule has 0 radical (unpaired) electrons. The summed E-state index contributed by atoms with van der Waals surface area (Å²) < 4.78 is 1.74. The van der Waals surface area contributed by atoms with Gasteiger partial charge in [0, 0.05) is 18.4 Å². The largest absolute Gasteiger partial charge is 0.480 e. The van der Waals surface area contributed by atoms with E-state index in [0.29, 0.717) is 18.4 Å². The highest BCUT2D eigenvalue weighted by Crippen LogP contribution is 2.22. The summed E-state index contributed by atoms with van der Waals surface area (Å²) in [5.41, 5.74) is 0.408. The lowest BCUT2D eigenvalue weighted by molar-refractivity contribution is -0.142. The molecule has 2 N–H and O–H groups in total. The Labute approximate surface area is 152 Å². The maximum Gasteiger partial charge on any atom is 0.326 e. The zero-order valence-electron chi connectivity index (χ0n) is 15.3. The fourth-order valence-electron chi connectivity index (χ4n) is 2.78. The summed E-state index contributed by atoms with van der Waals surface area (Å²) in [5, 5.41) is 25.7. The van der Waals surface area contributed by atoms with Gasteiger partial charge in [-0.2, -0.15) is 10.4 Å². The number of nitrogens with zero attached hydrogens (tertiary/aromatic N) is 3. The number of para-hydroxylation sites is 1. The molecule has 1 aromatic carbocycles. The number of rotatable bonds is 7. The predicted molar refractivity (Wildman–Crippen MR) is 97.5 cm³/mol. The van der Waals surface area contributed by atoms with E-state index in [2.05, 4.69) is 16.5 Å². The fraction of sp³-hybridized carbons (Fsp3) is 0.474. The summed E-state index contributed by atoms with van der Waals surface area (Å²) in [6.45, 7) is 5.88. The van der Waals surface area contributed by atoms with Crippen molar-refractivity contribution in [2.24, 2.45) is 5.41 Å². The number of fused-ring (bicyclic) bond motifs is 1. The van der Waals surface area contributed by atoms with Crippen LogP contribution in [0.4, 0.5) is 0 Å². The maximum absolute atomic E-state index is 12.7. The third kappa shape index (κ3) is 4.39. The molecule has 0 aliphatic carbocycles. The smallest absolute Gasteiger partial charge is 0.326 e. The third-order valence-electron chi connectivity index (χ3n) is 4.17. The van der Waals surface area contributed by atoms with E-state index in [4.69, 9.17) is 5.26 Å². The average molecular weight is 356 g/mol. The predicted octanol–water partition coefficient (Wildman–Crippen LogP) is 2.96. The van der Waals surface area contributed by atoms with Crippen molar-refractivity contribution < 1.29 is 14.7 Å². The summed E-state index contributed by atoms with van der Waals surface area (Å²) in [6.07, 6.45) is 2.02. The van der Waals surface area contributed by atoms with Crippen molar-refractivity contribution in [2.75, 3.05) is 0 Å². The van der Waals surface area contributed by atoms with Crippen LogP contribution in [-0.2, 0) is 11.3 Å². The van der Waals surface area contributed by atoms with Crippen LogP contribution < -0.4 is 5.32 Å². The normalized spacial score (nSPS) is 12.5. The van der Waals surface area contributed by atoms with Crippen LogP contribution in [0.2, 0.25) is 0 Å². The minimum Gasteiger partial charge on any atom is -0.480 e. The Morgan fingerprint density at radius 2 is 2.00 bits per heavy atom. The Morgan fingerprint density at radius 3 is 2.62 bits per heavy atom. The van der Waals surface area contributed by atoms with E-state index in [1.165, 1.54) is 0 Å². The molecule has 0 aliphatic rings. The summed E-state index contributed by atoms with van der Waals surface area (Å²) in [7, 11) is 0. The molecule has 2 rings (SSSR count). The average Bonchev–Trinajstić information content (AvgIpc) is 2.94. The number of nitriles is 1. The van der Waals surface area contributed by atoms with E-state index >= 15 is 0 Å². The highest BCUT2D eigenvalue weighted by molar-refractivity contribution is 6.06. The first-order valence-electron chi connectivity index (χ1n) is 8.62. The second-order valence-corrected chi connectivity index (χ2v) is 7.31. The van der Waals surface area contributed by atoms with Gasteiger partial charge >= 0.3 is 5.97 Å². The second-order valence-electron chi connectivity index (χ2n) is 7.31. The van der Waals surface area contributed by atoms with Crippen molar-refractivity contribution >= 4 is 22.8 Å². The number of carboxylic acids is 1. The summed E-state index contributed by atoms with van der Waals surface area (Å²) >= 11 is 0. The van der Waals surface area contributed by atoms with Crippen LogP contribution in [0, 0.1) is 16.7 Å². The fourth-order valence-corrected chi connectivity index (χ4v) is 2.78. The van der Waals surface area contributed by atoms with Crippen LogP contribution in [0.5, 0.6) is 0 Å². The van der Waals surface area contributed by atoms with Crippen molar-refractivity contribution in [3.63, 3.8) is 0 Å². The molecule has 1 heterocycles. The molecular weight excluding hydrogens is 332 g/mol. The van der Waals surface area contributed by atoms with Gasteiger partial charge in [0.25, 0.3) is 5.91 Å². The highest BCUT2D eigenvalue weighted by atomic mass is 16.4. The number of aromatic nitrogens is 2. The number of aryl methyl sites for hydroxylation is 1. The molecule has 1 amide bonds. The summed E-state index contributed by atoms with van der Waals surface area (Å²) in [4.78, 5) is 24.2.